The number of aromatic amines is 1. The number of rotatable bonds is 7. The summed E-state index contributed by atoms with van der Waals surface area (Å²) in [5.41, 5.74) is 2.01. The maximum atomic E-state index is 12.7. The van der Waals surface area contributed by atoms with Crippen molar-refractivity contribution in [2.45, 2.75) is 4.90 Å². The van der Waals surface area contributed by atoms with Crippen molar-refractivity contribution in [1.82, 2.24) is 9.55 Å². The summed E-state index contributed by atoms with van der Waals surface area (Å²) in [6, 6.07) is 19.6. The second kappa shape index (κ2) is 9.31. The molecule has 3 aromatic carbocycles. The summed E-state index contributed by atoms with van der Waals surface area (Å²) < 4.78 is 35.5. The van der Waals surface area contributed by atoms with E-state index in [1.54, 1.807) is 59.4 Å². The molecule has 168 valence electrons. The highest BCUT2D eigenvalue weighted by molar-refractivity contribution is 7.92. The molecule has 0 radical (unpaired) electrons. The first kappa shape index (κ1) is 22.3. The van der Waals surface area contributed by atoms with E-state index >= 15 is 0 Å². The van der Waals surface area contributed by atoms with Gasteiger partial charge in [0.25, 0.3) is 15.9 Å². The topological polar surface area (TPSA) is 105 Å². The van der Waals surface area contributed by atoms with Crippen LogP contribution in [-0.4, -0.2) is 31.0 Å². The third-order valence-corrected chi connectivity index (χ3v) is 6.51. The summed E-state index contributed by atoms with van der Waals surface area (Å²) >= 11 is 5.23. The summed E-state index contributed by atoms with van der Waals surface area (Å²) in [6.07, 6.45) is 3.52. The standard InChI is InChI=1S/C23H20N4O4S2/c1-31-21-8-3-2-7-20(21)26-33(29,30)19-11-9-16(10-12-19)22(28)25-17-5-4-6-18(15-17)27-14-13-24-23(27)32/h2-15,26H,1H3,(H,24,32)(H,25,28). The van der Waals surface area contributed by atoms with Gasteiger partial charge in [-0.05, 0) is 66.8 Å². The number of imidazole rings is 1. The number of hydrogen-bond donors (Lipinski definition) is 3. The quantitative estimate of drug-likeness (QED) is 0.336. The van der Waals surface area contributed by atoms with E-state index in [2.05, 4.69) is 15.0 Å². The van der Waals surface area contributed by atoms with E-state index in [0.29, 0.717) is 27.5 Å². The van der Waals surface area contributed by atoms with Crippen molar-refractivity contribution in [3.8, 4) is 11.4 Å². The molecule has 4 rings (SSSR count). The van der Waals surface area contributed by atoms with Crippen LogP contribution in [0.1, 0.15) is 10.4 Å². The van der Waals surface area contributed by atoms with E-state index in [0.717, 1.165) is 5.69 Å². The van der Waals surface area contributed by atoms with Gasteiger partial charge in [0.05, 0.1) is 17.7 Å². The average Bonchev–Trinajstić information content (AvgIpc) is 3.25. The third-order valence-electron chi connectivity index (χ3n) is 4.81. The number of amides is 1. The fourth-order valence-corrected chi connectivity index (χ4v) is 4.48. The van der Waals surface area contributed by atoms with Crippen LogP contribution in [-0.2, 0) is 10.0 Å². The van der Waals surface area contributed by atoms with Crippen molar-refractivity contribution in [1.29, 1.82) is 0 Å². The molecule has 0 fully saturated rings. The molecule has 0 aliphatic heterocycles. The molecule has 1 heterocycles. The highest BCUT2D eigenvalue weighted by Crippen LogP contribution is 2.26. The lowest BCUT2D eigenvalue weighted by Crippen LogP contribution is -2.15. The Morgan fingerprint density at radius 1 is 1.03 bits per heavy atom. The number of nitrogens with zero attached hydrogens (tertiary/aromatic N) is 1. The van der Waals surface area contributed by atoms with Gasteiger partial charge < -0.3 is 15.0 Å². The Labute approximate surface area is 195 Å². The summed E-state index contributed by atoms with van der Waals surface area (Å²) in [5, 5.41) is 2.82. The van der Waals surface area contributed by atoms with Crippen LogP contribution in [0, 0.1) is 4.77 Å². The zero-order valence-corrected chi connectivity index (χ0v) is 19.1. The van der Waals surface area contributed by atoms with Crippen molar-refractivity contribution in [2.24, 2.45) is 0 Å². The lowest BCUT2D eigenvalue weighted by Gasteiger charge is -2.12. The zero-order valence-electron chi connectivity index (χ0n) is 17.5. The fourth-order valence-electron chi connectivity index (χ4n) is 3.18. The molecule has 3 N–H and O–H groups in total. The van der Waals surface area contributed by atoms with Gasteiger partial charge in [0, 0.05) is 29.3 Å². The summed E-state index contributed by atoms with van der Waals surface area (Å²) in [7, 11) is -2.40. The molecule has 0 atom stereocenters. The largest absolute Gasteiger partial charge is 0.495 e. The van der Waals surface area contributed by atoms with Crippen molar-refractivity contribution in [3.05, 3.63) is 95.5 Å². The first-order valence-corrected chi connectivity index (χ1v) is 11.7. The molecule has 4 aromatic rings. The molecule has 0 aliphatic rings. The highest BCUT2D eigenvalue weighted by Gasteiger charge is 2.17. The molecule has 0 spiro atoms. The minimum absolute atomic E-state index is 0.0220. The highest BCUT2D eigenvalue weighted by atomic mass is 32.2. The van der Waals surface area contributed by atoms with Gasteiger partial charge in [-0.2, -0.15) is 0 Å². The van der Waals surface area contributed by atoms with Gasteiger partial charge >= 0.3 is 0 Å². The predicted molar refractivity (Wildman–Crippen MR) is 129 cm³/mol. The van der Waals surface area contributed by atoms with E-state index in [9.17, 15) is 13.2 Å². The Morgan fingerprint density at radius 3 is 2.48 bits per heavy atom. The Bertz CT molecular complexity index is 1460. The second-order valence-corrected chi connectivity index (χ2v) is 9.04. The van der Waals surface area contributed by atoms with Crippen molar-refractivity contribution >= 4 is 39.5 Å². The van der Waals surface area contributed by atoms with E-state index in [1.165, 1.54) is 31.4 Å². The maximum absolute atomic E-state index is 12.7. The minimum atomic E-state index is -3.86. The molecular weight excluding hydrogens is 460 g/mol. The molecule has 0 aliphatic carbocycles. The Balaban J connectivity index is 1.50. The molecule has 1 amide bonds. The number of anilines is 2. The van der Waals surface area contributed by atoms with Crippen LogP contribution >= 0.6 is 12.2 Å². The Hall–Kier alpha value is -3.89. The lowest BCUT2D eigenvalue weighted by atomic mass is 10.2. The number of ether oxygens (including phenoxy) is 1. The SMILES string of the molecule is COc1ccccc1NS(=O)(=O)c1ccc(C(=O)Nc2cccc(-n3cc[nH]c3=S)c2)cc1. The van der Waals surface area contributed by atoms with Gasteiger partial charge in [0.2, 0.25) is 0 Å². The zero-order chi connectivity index (χ0) is 23.4. The van der Waals surface area contributed by atoms with Crippen LogP contribution in [0.25, 0.3) is 5.69 Å². The number of para-hydroxylation sites is 2. The summed E-state index contributed by atoms with van der Waals surface area (Å²) in [5.74, 6) is 0.0340. The van der Waals surface area contributed by atoms with Crippen LogP contribution in [0.4, 0.5) is 11.4 Å². The molecule has 0 saturated carbocycles. The number of benzene rings is 3. The average molecular weight is 481 g/mol. The molecule has 0 unspecified atom stereocenters. The fraction of sp³-hybridized carbons (Fsp3) is 0.0435. The smallest absolute Gasteiger partial charge is 0.262 e. The number of sulfonamides is 1. The Kier molecular flexibility index (Phi) is 6.29. The van der Waals surface area contributed by atoms with Crippen molar-refractivity contribution in [3.63, 3.8) is 0 Å². The Morgan fingerprint density at radius 2 is 1.79 bits per heavy atom. The van der Waals surface area contributed by atoms with Crippen molar-refractivity contribution in [2.75, 3.05) is 17.1 Å². The number of aromatic nitrogens is 2. The van der Waals surface area contributed by atoms with Crippen LogP contribution in [0.3, 0.4) is 0 Å². The first-order valence-electron chi connectivity index (χ1n) is 9.81. The maximum Gasteiger partial charge on any atom is 0.262 e. The van der Waals surface area contributed by atoms with E-state index in [-0.39, 0.29) is 10.8 Å². The number of carbonyl (C=O) groups is 1. The predicted octanol–water partition coefficient (Wildman–Crippen LogP) is 4.60. The molecule has 0 saturated heterocycles. The lowest BCUT2D eigenvalue weighted by molar-refractivity contribution is 0.102. The summed E-state index contributed by atoms with van der Waals surface area (Å²) in [6.45, 7) is 0. The number of methoxy groups -OCH3 is 1. The molecule has 10 heteroatoms. The molecule has 8 nitrogen and oxygen atoms in total. The van der Waals surface area contributed by atoms with Gasteiger partial charge in [-0.25, -0.2) is 8.42 Å². The molecule has 33 heavy (non-hydrogen) atoms. The van der Waals surface area contributed by atoms with Crippen LogP contribution in [0.5, 0.6) is 5.75 Å². The van der Waals surface area contributed by atoms with Gasteiger partial charge in [0.15, 0.2) is 4.77 Å². The third kappa shape index (κ3) is 4.97. The van der Waals surface area contributed by atoms with Crippen molar-refractivity contribution < 1.29 is 17.9 Å². The molecule has 1 aromatic heterocycles. The number of hydrogen-bond acceptors (Lipinski definition) is 5. The number of carbonyl (C=O) groups excluding carboxylic acids is 1. The molecular formula is C23H20N4O4S2. The number of H-pyrrole nitrogens is 1. The van der Waals surface area contributed by atoms with Gasteiger partial charge in [0.1, 0.15) is 5.75 Å². The van der Waals surface area contributed by atoms with E-state index < -0.39 is 10.0 Å². The van der Waals surface area contributed by atoms with Gasteiger partial charge in [-0.15, -0.1) is 0 Å². The van der Waals surface area contributed by atoms with E-state index in [4.69, 9.17) is 17.0 Å². The van der Waals surface area contributed by atoms with Crippen LogP contribution < -0.4 is 14.8 Å². The van der Waals surface area contributed by atoms with Crippen LogP contribution in [0.2, 0.25) is 0 Å². The normalized spacial score (nSPS) is 11.1. The molecule has 0 bridgehead atoms. The monoisotopic (exact) mass is 480 g/mol. The first-order chi connectivity index (χ1) is 15.9. The summed E-state index contributed by atoms with van der Waals surface area (Å²) in [4.78, 5) is 15.6. The van der Waals surface area contributed by atoms with Gasteiger partial charge in [-0.1, -0.05) is 18.2 Å². The second-order valence-electron chi connectivity index (χ2n) is 6.97. The van der Waals surface area contributed by atoms with E-state index in [1.807, 2.05) is 6.07 Å². The minimum Gasteiger partial charge on any atom is -0.495 e. The van der Waals surface area contributed by atoms with Crippen LogP contribution in [0.15, 0.2) is 90.1 Å². The van der Waals surface area contributed by atoms with Gasteiger partial charge in [-0.3, -0.25) is 14.1 Å². The number of nitrogens with one attached hydrogen (secondary N) is 3.